The number of nitrogens with one attached hydrogen (secondary N) is 4. The summed E-state index contributed by atoms with van der Waals surface area (Å²) in [4.78, 5) is 12.2. The van der Waals surface area contributed by atoms with E-state index in [0.717, 1.165) is 28.0 Å². The maximum atomic E-state index is 12.2. The first kappa shape index (κ1) is 10.3. The molecule has 1 saturated carbocycles. The lowest BCUT2D eigenvalue weighted by Crippen LogP contribution is -2.37. The van der Waals surface area contributed by atoms with Crippen LogP contribution < -0.4 is 21.8 Å². The molecule has 1 fully saturated rings. The summed E-state index contributed by atoms with van der Waals surface area (Å²) in [6.07, 6.45) is 0.789. The Kier molecular flexibility index (Phi) is 1.86. The molecule has 4 N–H and O–H groups in total. The molecule has 0 radical (unpaired) electrons. The maximum absolute atomic E-state index is 12.2. The number of halogens is 1. The first-order valence-electron chi connectivity index (χ1n) is 5.67. The van der Waals surface area contributed by atoms with E-state index in [9.17, 15) is 4.79 Å². The Balaban J connectivity index is 1.79. The third-order valence-electron chi connectivity index (χ3n) is 3.83. The Morgan fingerprint density at radius 2 is 2.33 bits per heavy atom. The van der Waals surface area contributed by atoms with Gasteiger partial charge in [0.25, 0.3) is 0 Å². The molecule has 0 aromatic heterocycles. The molecule has 4 rings (SSSR count). The predicted octanol–water partition coefficient (Wildman–Crippen LogP) is 0.585. The van der Waals surface area contributed by atoms with Gasteiger partial charge in [-0.25, -0.2) is 5.53 Å². The standard InChI is InChI=1S/C11H10BrN5O/c12-5-1-2-8-6(3-5)11(10(18)13-8)4-7(11)9-14-16-17-15-9/h1-3,7,16-17H,4H2,(H,13,18)(H,14,15). The van der Waals surface area contributed by atoms with Crippen molar-refractivity contribution in [3.63, 3.8) is 0 Å². The van der Waals surface area contributed by atoms with Gasteiger partial charge in [-0.3, -0.25) is 10.2 Å². The van der Waals surface area contributed by atoms with Crippen LogP contribution in [0.2, 0.25) is 0 Å². The van der Waals surface area contributed by atoms with Crippen molar-refractivity contribution in [2.75, 3.05) is 5.32 Å². The average molecular weight is 308 g/mol. The fourth-order valence-corrected chi connectivity index (χ4v) is 3.23. The smallest absolute Gasteiger partial charge is 0.235 e. The third-order valence-corrected chi connectivity index (χ3v) is 4.32. The molecule has 18 heavy (non-hydrogen) atoms. The number of amides is 1. The van der Waals surface area contributed by atoms with Gasteiger partial charge in [0.15, 0.2) is 0 Å². The molecular weight excluding hydrogens is 298 g/mol. The van der Waals surface area contributed by atoms with Crippen molar-refractivity contribution >= 4 is 33.4 Å². The second-order valence-corrected chi connectivity index (χ2v) is 5.65. The number of hydrogen-bond acceptors (Lipinski definition) is 5. The van der Waals surface area contributed by atoms with Gasteiger partial charge in [0.05, 0.1) is 5.41 Å². The van der Waals surface area contributed by atoms with Crippen LogP contribution >= 0.6 is 15.9 Å². The Bertz CT molecular complexity index is 601. The molecule has 1 aliphatic carbocycles. The Hall–Kier alpha value is -1.60. The van der Waals surface area contributed by atoms with Gasteiger partial charge < -0.3 is 5.32 Å². The van der Waals surface area contributed by atoms with Crippen molar-refractivity contribution in [1.29, 1.82) is 0 Å². The van der Waals surface area contributed by atoms with Crippen LogP contribution in [0.25, 0.3) is 0 Å². The van der Waals surface area contributed by atoms with Crippen molar-refractivity contribution in [3.05, 3.63) is 28.2 Å². The van der Waals surface area contributed by atoms with Gasteiger partial charge in [0, 0.05) is 16.1 Å². The van der Waals surface area contributed by atoms with E-state index in [1.807, 2.05) is 18.2 Å². The number of hydrogen-bond donors (Lipinski definition) is 4. The molecule has 6 nitrogen and oxygen atoms in total. The molecule has 2 unspecified atom stereocenters. The van der Waals surface area contributed by atoms with Gasteiger partial charge in [-0.15, -0.1) is 10.6 Å². The van der Waals surface area contributed by atoms with Gasteiger partial charge in [-0.1, -0.05) is 15.9 Å². The lowest BCUT2D eigenvalue weighted by atomic mass is 9.94. The van der Waals surface area contributed by atoms with Crippen LogP contribution in [-0.4, -0.2) is 11.7 Å². The number of anilines is 1. The summed E-state index contributed by atoms with van der Waals surface area (Å²) in [6, 6.07) is 5.88. The van der Waals surface area contributed by atoms with Crippen molar-refractivity contribution in [3.8, 4) is 0 Å². The second-order valence-electron chi connectivity index (χ2n) is 4.73. The number of carbonyl (C=O) groups excluding carboxylic acids is 1. The minimum Gasteiger partial charge on any atom is -0.325 e. The van der Waals surface area contributed by atoms with Gasteiger partial charge in [0.1, 0.15) is 5.84 Å². The minimum absolute atomic E-state index is 0.0667. The van der Waals surface area contributed by atoms with E-state index in [4.69, 9.17) is 0 Å². The Morgan fingerprint density at radius 3 is 3.11 bits per heavy atom. The van der Waals surface area contributed by atoms with Gasteiger partial charge in [-0.2, -0.15) is 0 Å². The van der Waals surface area contributed by atoms with Crippen LogP contribution in [0.5, 0.6) is 0 Å². The van der Waals surface area contributed by atoms with E-state index >= 15 is 0 Å². The lowest BCUT2D eigenvalue weighted by molar-refractivity contribution is -0.118. The van der Waals surface area contributed by atoms with Crippen molar-refractivity contribution in [1.82, 2.24) is 16.5 Å². The highest BCUT2D eigenvalue weighted by Crippen LogP contribution is 2.60. The number of amidine groups is 1. The SMILES string of the molecule is O=C1Nc2ccc(Br)cc2C12CC2C1=NNNN1. The molecule has 92 valence electrons. The molecular formula is C11H10BrN5O. The Morgan fingerprint density at radius 1 is 1.44 bits per heavy atom. The van der Waals surface area contributed by atoms with Crippen LogP contribution in [0, 0.1) is 5.92 Å². The first-order chi connectivity index (χ1) is 8.72. The zero-order valence-electron chi connectivity index (χ0n) is 9.25. The summed E-state index contributed by atoms with van der Waals surface area (Å²) in [7, 11) is 0. The van der Waals surface area contributed by atoms with Gasteiger partial charge >= 0.3 is 0 Å². The normalized spacial score (nSPS) is 31.5. The number of hydrazine groups is 2. The summed E-state index contributed by atoms with van der Waals surface area (Å²) >= 11 is 3.46. The zero-order valence-corrected chi connectivity index (χ0v) is 10.8. The highest BCUT2D eigenvalue weighted by Gasteiger charge is 2.67. The number of rotatable bonds is 1. The number of carbonyl (C=O) groups is 1. The molecule has 3 aliphatic rings. The summed E-state index contributed by atoms with van der Waals surface area (Å²) in [5, 5.41) is 7.05. The minimum atomic E-state index is -0.446. The van der Waals surface area contributed by atoms with Crippen LogP contribution in [0.1, 0.15) is 12.0 Å². The van der Waals surface area contributed by atoms with Crippen LogP contribution in [0.15, 0.2) is 27.8 Å². The predicted molar refractivity (Wildman–Crippen MR) is 69.4 cm³/mol. The summed E-state index contributed by atoms with van der Waals surface area (Å²) in [5.74, 6) is 0.963. The molecule has 1 aromatic rings. The molecule has 0 saturated heterocycles. The Labute approximate surface area is 111 Å². The molecule has 2 atom stereocenters. The largest absolute Gasteiger partial charge is 0.325 e. The van der Waals surface area contributed by atoms with E-state index in [1.165, 1.54) is 0 Å². The summed E-state index contributed by atoms with van der Waals surface area (Å²) in [5.41, 5.74) is 9.79. The number of fused-ring (bicyclic) bond motifs is 2. The van der Waals surface area contributed by atoms with E-state index in [1.54, 1.807) is 0 Å². The molecule has 2 aliphatic heterocycles. The van der Waals surface area contributed by atoms with E-state index in [-0.39, 0.29) is 11.8 Å². The molecule has 1 spiro atoms. The molecule has 7 heteroatoms. The van der Waals surface area contributed by atoms with Crippen molar-refractivity contribution < 1.29 is 4.79 Å². The maximum Gasteiger partial charge on any atom is 0.235 e. The molecule has 1 aromatic carbocycles. The summed E-state index contributed by atoms with van der Waals surface area (Å²) < 4.78 is 0.986. The quantitative estimate of drug-likeness (QED) is 0.612. The van der Waals surface area contributed by atoms with Crippen molar-refractivity contribution in [2.45, 2.75) is 11.8 Å². The summed E-state index contributed by atoms with van der Waals surface area (Å²) in [6.45, 7) is 0. The average Bonchev–Trinajstić information content (AvgIpc) is 2.76. The van der Waals surface area contributed by atoms with E-state index in [0.29, 0.717) is 0 Å². The first-order valence-corrected chi connectivity index (χ1v) is 6.46. The molecule has 2 heterocycles. The molecule has 1 amide bonds. The van der Waals surface area contributed by atoms with Crippen LogP contribution in [0.3, 0.4) is 0 Å². The second kappa shape index (κ2) is 3.24. The van der Waals surface area contributed by atoms with E-state index < -0.39 is 5.41 Å². The fraction of sp³-hybridized carbons (Fsp3) is 0.273. The monoisotopic (exact) mass is 307 g/mol. The fourth-order valence-electron chi connectivity index (χ4n) is 2.87. The van der Waals surface area contributed by atoms with Crippen LogP contribution in [-0.2, 0) is 10.2 Å². The van der Waals surface area contributed by atoms with Crippen LogP contribution in [0.4, 0.5) is 5.69 Å². The van der Waals surface area contributed by atoms with Gasteiger partial charge in [0.2, 0.25) is 5.91 Å². The topological polar surface area (TPSA) is 77.5 Å². The number of nitrogens with zero attached hydrogens (tertiary/aromatic N) is 1. The highest BCUT2D eigenvalue weighted by molar-refractivity contribution is 9.10. The van der Waals surface area contributed by atoms with E-state index in [2.05, 4.69) is 42.8 Å². The zero-order chi connectivity index (χ0) is 12.3. The van der Waals surface area contributed by atoms with Crippen molar-refractivity contribution in [2.24, 2.45) is 11.0 Å². The highest BCUT2D eigenvalue weighted by atomic mass is 79.9. The van der Waals surface area contributed by atoms with Gasteiger partial charge in [-0.05, 0) is 30.2 Å². The third kappa shape index (κ3) is 1.15. The number of benzene rings is 1. The lowest BCUT2D eigenvalue weighted by Gasteiger charge is -2.08. The molecule has 0 bridgehead atoms. The number of hydrazone groups is 1.